The Morgan fingerprint density at radius 1 is 1.44 bits per heavy atom. The Kier molecular flexibility index (Phi) is 3.16. The molecule has 88 valence electrons. The summed E-state index contributed by atoms with van der Waals surface area (Å²) in [4.78, 5) is 0.281. The minimum Gasteiger partial charge on any atom is -0.399 e. The molecule has 0 saturated carbocycles. The van der Waals surface area contributed by atoms with Crippen molar-refractivity contribution in [2.45, 2.75) is 23.8 Å². The molecule has 2 N–H and O–H groups in total. The fourth-order valence-electron chi connectivity index (χ4n) is 1.82. The lowest BCUT2D eigenvalue weighted by Gasteiger charge is -2.10. The van der Waals surface area contributed by atoms with Crippen molar-refractivity contribution in [2.75, 3.05) is 18.1 Å². The Morgan fingerprint density at radius 3 is 2.88 bits per heavy atom. The summed E-state index contributed by atoms with van der Waals surface area (Å²) >= 11 is 0. The lowest BCUT2D eigenvalue weighted by atomic mass is 10.3. The maximum atomic E-state index is 12.0. The number of hydrogen-bond donors (Lipinski definition) is 1. The number of nitrogen functional groups attached to an aromatic ring is 1. The Balaban J connectivity index is 2.18. The fourth-order valence-corrected chi connectivity index (χ4v) is 3.37. The molecule has 1 fully saturated rings. The highest BCUT2D eigenvalue weighted by Crippen LogP contribution is 2.20. The second-order valence-corrected chi connectivity index (χ2v) is 6.02. The molecule has 1 aromatic carbocycles. The van der Waals surface area contributed by atoms with Crippen molar-refractivity contribution < 1.29 is 13.2 Å². The van der Waals surface area contributed by atoms with Gasteiger partial charge in [-0.3, -0.25) is 0 Å². The molecule has 16 heavy (non-hydrogen) atoms. The number of sulfone groups is 1. The minimum atomic E-state index is -3.27. The summed E-state index contributed by atoms with van der Waals surface area (Å²) in [6.45, 7) is 0.664. The highest BCUT2D eigenvalue weighted by atomic mass is 32.2. The first-order valence-corrected chi connectivity index (χ1v) is 6.93. The average molecular weight is 241 g/mol. The Bertz CT molecular complexity index is 464. The normalized spacial score (nSPS) is 21.1. The van der Waals surface area contributed by atoms with Gasteiger partial charge >= 0.3 is 0 Å². The van der Waals surface area contributed by atoms with Crippen molar-refractivity contribution >= 4 is 15.5 Å². The van der Waals surface area contributed by atoms with Crippen LogP contribution in [-0.2, 0) is 14.6 Å². The van der Waals surface area contributed by atoms with E-state index >= 15 is 0 Å². The van der Waals surface area contributed by atoms with Crippen LogP contribution in [0.4, 0.5) is 5.69 Å². The predicted octanol–water partition coefficient (Wildman–Crippen LogP) is 1.22. The highest BCUT2D eigenvalue weighted by molar-refractivity contribution is 7.91. The molecule has 0 spiro atoms. The van der Waals surface area contributed by atoms with Gasteiger partial charge in [-0.2, -0.15) is 0 Å². The maximum Gasteiger partial charge on any atom is 0.180 e. The molecule has 1 aliphatic rings. The molecule has 1 saturated heterocycles. The number of benzene rings is 1. The van der Waals surface area contributed by atoms with Crippen molar-refractivity contribution in [3.8, 4) is 0 Å². The molecule has 0 radical (unpaired) electrons. The molecule has 4 nitrogen and oxygen atoms in total. The van der Waals surface area contributed by atoms with Crippen LogP contribution in [0.1, 0.15) is 12.8 Å². The van der Waals surface area contributed by atoms with Crippen LogP contribution in [0.15, 0.2) is 29.2 Å². The summed E-state index contributed by atoms with van der Waals surface area (Å²) in [6.07, 6.45) is 1.60. The standard InChI is InChI=1S/C11H15NO3S/c12-9-3-1-5-11(7-9)16(13,14)8-10-4-2-6-15-10/h1,3,5,7,10H,2,4,6,8,12H2. The second-order valence-electron chi connectivity index (χ2n) is 3.99. The predicted molar refractivity (Wildman–Crippen MR) is 61.9 cm³/mol. The van der Waals surface area contributed by atoms with Gasteiger partial charge in [-0.15, -0.1) is 0 Å². The molecule has 1 atom stereocenters. The zero-order chi connectivity index (χ0) is 11.6. The topological polar surface area (TPSA) is 69.4 Å². The van der Waals surface area contributed by atoms with Crippen LogP contribution < -0.4 is 5.73 Å². The van der Waals surface area contributed by atoms with Crippen LogP contribution in [0.5, 0.6) is 0 Å². The summed E-state index contributed by atoms with van der Waals surface area (Å²) in [5, 5.41) is 0. The van der Waals surface area contributed by atoms with Gasteiger partial charge in [-0.05, 0) is 31.0 Å². The zero-order valence-corrected chi connectivity index (χ0v) is 9.74. The van der Waals surface area contributed by atoms with Crippen LogP contribution in [0.25, 0.3) is 0 Å². The SMILES string of the molecule is Nc1cccc(S(=O)(=O)CC2CCCO2)c1. The molecule has 0 aromatic heterocycles. The van der Waals surface area contributed by atoms with Gasteiger partial charge in [0.15, 0.2) is 9.84 Å². The third-order valence-corrected chi connectivity index (χ3v) is 4.43. The Hall–Kier alpha value is -1.07. The number of rotatable bonds is 3. The van der Waals surface area contributed by atoms with Gasteiger partial charge < -0.3 is 10.5 Å². The lowest BCUT2D eigenvalue weighted by molar-refractivity contribution is 0.127. The number of ether oxygens (including phenoxy) is 1. The zero-order valence-electron chi connectivity index (χ0n) is 8.93. The van der Waals surface area contributed by atoms with E-state index in [1.54, 1.807) is 18.2 Å². The van der Waals surface area contributed by atoms with Crippen LogP contribution in [-0.4, -0.2) is 26.9 Å². The first kappa shape index (κ1) is 11.4. The molecule has 0 amide bonds. The summed E-state index contributed by atoms with van der Waals surface area (Å²) < 4.78 is 29.3. The molecule has 2 rings (SSSR count). The monoisotopic (exact) mass is 241 g/mol. The molecule has 1 unspecified atom stereocenters. The lowest BCUT2D eigenvalue weighted by Crippen LogP contribution is -2.20. The minimum absolute atomic E-state index is 0.0520. The van der Waals surface area contributed by atoms with E-state index in [2.05, 4.69) is 0 Å². The molecule has 1 heterocycles. The largest absolute Gasteiger partial charge is 0.399 e. The summed E-state index contributed by atoms with van der Waals surface area (Å²) in [6, 6.07) is 6.38. The van der Waals surface area contributed by atoms with E-state index in [9.17, 15) is 8.42 Å². The summed E-state index contributed by atoms with van der Waals surface area (Å²) in [5.74, 6) is 0.0520. The maximum absolute atomic E-state index is 12.0. The van der Waals surface area contributed by atoms with Crippen LogP contribution >= 0.6 is 0 Å². The molecular weight excluding hydrogens is 226 g/mol. The molecule has 1 aromatic rings. The van der Waals surface area contributed by atoms with Gasteiger partial charge in [0.2, 0.25) is 0 Å². The summed E-state index contributed by atoms with van der Waals surface area (Å²) in [5.41, 5.74) is 6.03. The molecule has 1 aliphatic heterocycles. The number of anilines is 1. The van der Waals surface area contributed by atoms with Gasteiger partial charge in [0.25, 0.3) is 0 Å². The molecule has 0 bridgehead atoms. The van der Waals surface area contributed by atoms with Gasteiger partial charge in [-0.25, -0.2) is 8.42 Å². The van der Waals surface area contributed by atoms with E-state index < -0.39 is 9.84 Å². The average Bonchev–Trinajstić information content (AvgIpc) is 2.70. The van der Waals surface area contributed by atoms with Gasteiger partial charge in [0.1, 0.15) is 0 Å². The van der Waals surface area contributed by atoms with Crippen LogP contribution in [0, 0.1) is 0 Å². The molecule has 5 heteroatoms. The van der Waals surface area contributed by atoms with Crippen molar-refractivity contribution in [3.05, 3.63) is 24.3 Å². The van der Waals surface area contributed by atoms with Crippen LogP contribution in [0.3, 0.4) is 0 Å². The van der Waals surface area contributed by atoms with Gasteiger partial charge in [0.05, 0.1) is 16.8 Å². The summed E-state index contributed by atoms with van der Waals surface area (Å²) in [7, 11) is -3.27. The first-order valence-electron chi connectivity index (χ1n) is 5.28. The van der Waals surface area contributed by atoms with Crippen molar-refractivity contribution in [1.82, 2.24) is 0 Å². The molecular formula is C11H15NO3S. The number of nitrogens with two attached hydrogens (primary N) is 1. The Morgan fingerprint density at radius 2 is 2.25 bits per heavy atom. The smallest absolute Gasteiger partial charge is 0.180 e. The van der Waals surface area contributed by atoms with Crippen molar-refractivity contribution in [1.29, 1.82) is 0 Å². The first-order chi connectivity index (χ1) is 7.58. The van der Waals surface area contributed by atoms with Gasteiger partial charge in [0, 0.05) is 12.3 Å². The van der Waals surface area contributed by atoms with Gasteiger partial charge in [-0.1, -0.05) is 6.07 Å². The van der Waals surface area contributed by atoms with E-state index in [-0.39, 0.29) is 16.8 Å². The van der Waals surface area contributed by atoms with E-state index in [0.29, 0.717) is 12.3 Å². The van der Waals surface area contributed by atoms with Crippen LogP contribution in [0.2, 0.25) is 0 Å². The number of hydrogen-bond acceptors (Lipinski definition) is 4. The fraction of sp³-hybridized carbons (Fsp3) is 0.455. The van der Waals surface area contributed by atoms with E-state index in [0.717, 1.165) is 12.8 Å². The van der Waals surface area contributed by atoms with E-state index in [1.165, 1.54) is 6.07 Å². The highest BCUT2D eigenvalue weighted by Gasteiger charge is 2.24. The molecule has 0 aliphatic carbocycles. The second kappa shape index (κ2) is 4.43. The quantitative estimate of drug-likeness (QED) is 0.808. The Labute approximate surface area is 95.3 Å². The van der Waals surface area contributed by atoms with Crippen molar-refractivity contribution in [3.63, 3.8) is 0 Å². The van der Waals surface area contributed by atoms with E-state index in [1.807, 2.05) is 0 Å². The third-order valence-electron chi connectivity index (χ3n) is 2.65. The third kappa shape index (κ3) is 2.54. The van der Waals surface area contributed by atoms with Crippen molar-refractivity contribution in [2.24, 2.45) is 0 Å². The van der Waals surface area contributed by atoms with E-state index in [4.69, 9.17) is 10.5 Å².